The molecule has 0 aromatic rings. The summed E-state index contributed by atoms with van der Waals surface area (Å²) in [6.45, 7) is 0.231. The Balaban J connectivity index is 0. The zero-order chi connectivity index (χ0) is 17.7. The van der Waals surface area contributed by atoms with E-state index in [1.54, 1.807) is 0 Å². The molecule has 128 valence electrons. The van der Waals surface area contributed by atoms with E-state index in [-0.39, 0.29) is 31.6 Å². The number of aliphatic carboxylic acids is 3. The molecule has 1 amide bonds. The molecule has 2 atom stereocenters. The maximum Gasteiger partial charge on any atom is 0.327 e. The van der Waals surface area contributed by atoms with Crippen molar-refractivity contribution in [1.82, 2.24) is 5.32 Å². The Bertz CT molecular complexity index is 392. The van der Waals surface area contributed by atoms with Gasteiger partial charge in [-0.3, -0.25) is 14.4 Å². The number of nitrogens with one attached hydrogen (secondary N) is 1. The van der Waals surface area contributed by atoms with E-state index in [0.29, 0.717) is 0 Å². The molecule has 11 heteroatoms. The number of carbonyl (C=O) groups is 4. The lowest BCUT2D eigenvalue weighted by Gasteiger charge is -2.12. The molecule has 0 spiro atoms. The smallest absolute Gasteiger partial charge is 0.327 e. The Morgan fingerprint density at radius 2 is 1.59 bits per heavy atom. The third-order valence-electron chi connectivity index (χ3n) is 2.17. The van der Waals surface area contributed by atoms with Gasteiger partial charge in [0.25, 0.3) is 0 Å². The normalized spacial score (nSPS) is 12.3. The van der Waals surface area contributed by atoms with Crippen LogP contribution in [0.15, 0.2) is 0 Å². The van der Waals surface area contributed by atoms with Crippen molar-refractivity contribution in [2.24, 2.45) is 11.5 Å². The lowest BCUT2D eigenvalue weighted by Crippen LogP contribution is -2.42. The number of hydrogen-bond donors (Lipinski definition) is 7. The highest BCUT2D eigenvalue weighted by Gasteiger charge is 2.19. The van der Waals surface area contributed by atoms with Crippen LogP contribution in [0, 0.1) is 0 Å². The van der Waals surface area contributed by atoms with Gasteiger partial charge in [0, 0.05) is 18.7 Å². The summed E-state index contributed by atoms with van der Waals surface area (Å²) < 4.78 is 0. The molecule has 0 saturated heterocycles. The number of thiol groups is 1. The maximum atomic E-state index is 11.2. The van der Waals surface area contributed by atoms with Crippen LogP contribution in [0.1, 0.15) is 19.3 Å². The van der Waals surface area contributed by atoms with E-state index < -0.39 is 35.9 Å². The van der Waals surface area contributed by atoms with Gasteiger partial charge in [0.15, 0.2) is 0 Å². The number of carbonyl (C=O) groups excluding carboxylic acids is 1. The zero-order valence-corrected chi connectivity index (χ0v) is 12.7. The molecular weight excluding hydrogens is 318 g/mol. The van der Waals surface area contributed by atoms with Gasteiger partial charge in [-0.15, -0.1) is 0 Å². The second-order valence-corrected chi connectivity index (χ2v) is 4.42. The van der Waals surface area contributed by atoms with Gasteiger partial charge < -0.3 is 32.1 Å². The minimum absolute atomic E-state index is 0.0357. The summed E-state index contributed by atoms with van der Waals surface area (Å²) in [5, 5.41) is 27.1. The molecule has 2 unspecified atom stereocenters. The Hall–Kier alpha value is -1.85. The summed E-state index contributed by atoms with van der Waals surface area (Å²) in [6.07, 6.45) is -0.106. The van der Waals surface area contributed by atoms with Crippen LogP contribution >= 0.6 is 12.6 Å². The van der Waals surface area contributed by atoms with E-state index in [1.807, 2.05) is 0 Å². The Kier molecular flexibility index (Phi) is 13.1. The van der Waals surface area contributed by atoms with Crippen LogP contribution in [-0.4, -0.2) is 63.5 Å². The summed E-state index contributed by atoms with van der Waals surface area (Å²) in [4.78, 5) is 41.6. The van der Waals surface area contributed by atoms with Crippen LogP contribution in [0.25, 0.3) is 0 Å². The van der Waals surface area contributed by atoms with Crippen LogP contribution in [0.5, 0.6) is 0 Å². The predicted molar refractivity (Wildman–Crippen MR) is 79.6 cm³/mol. The summed E-state index contributed by atoms with van der Waals surface area (Å²) >= 11 is 3.76. The summed E-state index contributed by atoms with van der Waals surface area (Å²) in [5.74, 6) is -3.81. The lowest BCUT2D eigenvalue weighted by atomic mass is 10.1. The van der Waals surface area contributed by atoms with Gasteiger partial charge in [-0.05, 0) is 6.42 Å². The second kappa shape index (κ2) is 12.9. The first-order chi connectivity index (χ1) is 10.1. The van der Waals surface area contributed by atoms with Crippen molar-refractivity contribution in [3.8, 4) is 0 Å². The highest BCUT2D eigenvalue weighted by Crippen LogP contribution is 1.97. The molecule has 0 rings (SSSR count). The highest BCUT2D eigenvalue weighted by molar-refractivity contribution is 7.80. The van der Waals surface area contributed by atoms with Crippen LogP contribution in [0.3, 0.4) is 0 Å². The lowest BCUT2D eigenvalue weighted by molar-refractivity contribution is -0.141. The molecule has 0 fully saturated rings. The SMILES string of the molecule is NC(CCC(=O)NC(CS)C(=O)O)C(=O)O.NCCC(=O)O. The van der Waals surface area contributed by atoms with Gasteiger partial charge in [-0.1, -0.05) is 0 Å². The fraction of sp³-hybridized carbons (Fsp3) is 0.636. The zero-order valence-electron chi connectivity index (χ0n) is 11.8. The molecule has 0 radical (unpaired) electrons. The highest BCUT2D eigenvalue weighted by atomic mass is 32.1. The Labute approximate surface area is 132 Å². The Morgan fingerprint density at radius 3 is 1.86 bits per heavy atom. The molecule has 0 aromatic carbocycles. The monoisotopic (exact) mass is 339 g/mol. The number of carboxylic acid groups (broad SMARTS) is 3. The van der Waals surface area contributed by atoms with E-state index in [1.165, 1.54) is 0 Å². The van der Waals surface area contributed by atoms with Gasteiger partial charge in [0.2, 0.25) is 5.91 Å². The molecule has 0 heterocycles. The average molecular weight is 339 g/mol. The van der Waals surface area contributed by atoms with Crippen molar-refractivity contribution in [2.75, 3.05) is 12.3 Å². The molecule has 8 N–H and O–H groups in total. The van der Waals surface area contributed by atoms with Crippen molar-refractivity contribution in [2.45, 2.75) is 31.3 Å². The third kappa shape index (κ3) is 13.1. The van der Waals surface area contributed by atoms with Crippen LogP contribution in [0.2, 0.25) is 0 Å². The number of amides is 1. The van der Waals surface area contributed by atoms with E-state index >= 15 is 0 Å². The molecule has 0 aliphatic heterocycles. The second-order valence-electron chi connectivity index (χ2n) is 4.06. The van der Waals surface area contributed by atoms with Crippen molar-refractivity contribution >= 4 is 36.4 Å². The fourth-order valence-electron chi connectivity index (χ4n) is 0.986. The number of rotatable bonds is 9. The van der Waals surface area contributed by atoms with E-state index in [4.69, 9.17) is 26.8 Å². The molecular formula is C11H21N3O7S. The third-order valence-corrected chi connectivity index (χ3v) is 2.54. The first-order valence-corrected chi connectivity index (χ1v) is 6.82. The molecule has 0 aromatic heterocycles. The largest absolute Gasteiger partial charge is 0.481 e. The van der Waals surface area contributed by atoms with Crippen molar-refractivity contribution in [3.63, 3.8) is 0 Å². The number of nitrogens with two attached hydrogens (primary N) is 2. The van der Waals surface area contributed by atoms with E-state index in [2.05, 4.69) is 17.9 Å². The number of hydrogen-bond acceptors (Lipinski definition) is 7. The standard InChI is InChI=1S/C8H14N2O5S.C3H7NO2/c9-4(7(12)13)1-2-6(11)10-5(3-16)8(14)15;4-2-1-3(5)6/h4-5,16H,1-3,9H2,(H,10,11)(H,12,13)(H,14,15);1-2,4H2,(H,5,6). The first-order valence-electron chi connectivity index (χ1n) is 6.18. The van der Waals surface area contributed by atoms with Crippen molar-refractivity contribution in [1.29, 1.82) is 0 Å². The van der Waals surface area contributed by atoms with E-state index in [0.717, 1.165) is 0 Å². The van der Waals surface area contributed by atoms with Gasteiger partial charge in [-0.25, -0.2) is 4.79 Å². The minimum Gasteiger partial charge on any atom is -0.481 e. The van der Waals surface area contributed by atoms with Gasteiger partial charge in [-0.2, -0.15) is 12.6 Å². The number of carboxylic acids is 3. The van der Waals surface area contributed by atoms with E-state index in [9.17, 15) is 19.2 Å². The quantitative estimate of drug-likeness (QED) is 0.235. The van der Waals surface area contributed by atoms with Gasteiger partial charge >= 0.3 is 17.9 Å². The maximum absolute atomic E-state index is 11.2. The summed E-state index contributed by atoms with van der Waals surface area (Å²) in [5.41, 5.74) is 10.0. The molecule has 0 saturated carbocycles. The molecule has 10 nitrogen and oxygen atoms in total. The summed E-state index contributed by atoms with van der Waals surface area (Å²) in [6, 6.07) is -2.19. The molecule has 0 aliphatic rings. The van der Waals surface area contributed by atoms with Gasteiger partial charge in [0.05, 0.1) is 6.42 Å². The molecule has 0 aliphatic carbocycles. The minimum atomic E-state index is -1.20. The van der Waals surface area contributed by atoms with Crippen molar-refractivity contribution < 1.29 is 34.5 Å². The average Bonchev–Trinajstić information content (AvgIpc) is 2.42. The summed E-state index contributed by atoms with van der Waals surface area (Å²) in [7, 11) is 0. The van der Waals surface area contributed by atoms with Crippen LogP contribution in [-0.2, 0) is 19.2 Å². The fourth-order valence-corrected chi connectivity index (χ4v) is 1.23. The van der Waals surface area contributed by atoms with Crippen LogP contribution in [0.4, 0.5) is 0 Å². The topological polar surface area (TPSA) is 193 Å². The first kappa shape index (κ1) is 22.4. The predicted octanol–water partition coefficient (Wildman–Crippen LogP) is -1.90. The van der Waals surface area contributed by atoms with Crippen LogP contribution < -0.4 is 16.8 Å². The van der Waals surface area contributed by atoms with Gasteiger partial charge in [0.1, 0.15) is 12.1 Å². The van der Waals surface area contributed by atoms with Crippen molar-refractivity contribution in [3.05, 3.63) is 0 Å². The Morgan fingerprint density at radius 1 is 1.05 bits per heavy atom. The molecule has 0 bridgehead atoms. The molecule has 22 heavy (non-hydrogen) atoms.